The number of nitrogens with two attached hydrogens (primary N) is 1. The van der Waals surface area contributed by atoms with Gasteiger partial charge < -0.3 is 26.6 Å². The fourth-order valence-electron chi connectivity index (χ4n) is 3.33. The van der Waals surface area contributed by atoms with E-state index in [2.05, 4.69) is 15.6 Å². The average Bonchev–Trinajstić information content (AvgIpc) is 3.31. The third-order valence-electron chi connectivity index (χ3n) is 5.47. The largest absolute Gasteiger partial charge is 0.476 e. The van der Waals surface area contributed by atoms with E-state index in [1.54, 1.807) is 35.7 Å². The predicted octanol–water partition coefficient (Wildman–Crippen LogP) is 3.18. The predicted molar refractivity (Wildman–Crippen MR) is 138 cm³/mol. The van der Waals surface area contributed by atoms with E-state index in [1.165, 1.54) is 23.5 Å². The zero-order chi connectivity index (χ0) is 26.6. The van der Waals surface area contributed by atoms with Gasteiger partial charge in [-0.05, 0) is 53.3 Å². The zero-order valence-electron chi connectivity index (χ0n) is 20.0. The number of aromatic nitrogens is 1. The summed E-state index contributed by atoms with van der Waals surface area (Å²) in [7, 11) is 0. The number of aliphatic hydroxyl groups excluding tert-OH is 1. The Kier molecular flexibility index (Phi) is 7.86. The highest BCUT2D eigenvalue weighted by molar-refractivity contribution is 7.14. The molecule has 0 saturated heterocycles. The monoisotopic (exact) mass is 509 g/mol. The first-order chi connectivity index (χ1) is 16.9. The van der Waals surface area contributed by atoms with E-state index in [9.17, 15) is 24.6 Å². The number of anilines is 1. The van der Waals surface area contributed by atoms with E-state index in [4.69, 9.17) is 11.1 Å². The second-order valence-electron chi connectivity index (χ2n) is 9.08. The Balaban J connectivity index is 1.90. The number of amides is 2. The van der Waals surface area contributed by atoms with Gasteiger partial charge in [-0.25, -0.2) is 9.78 Å². The van der Waals surface area contributed by atoms with Crippen LogP contribution in [0.25, 0.3) is 10.4 Å². The van der Waals surface area contributed by atoms with E-state index in [-0.39, 0.29) is 35.0 Å². The molecule has 11 heteroatoms. The van der Waals surface area contributed by atoms with Gasteiger partial charge in [0.1, 0.15) is 11.5 Å². The molecule has 0 fully saturated rings. The standard InChI is InChI=1S/C25H27N5O5S/c1-25(2,3)18(12-31)30-23(33)17-9-8-15(19(29-17)24(34)35)20-16(10-11-36-20)22(32)28-14-6-4-13(5-7-14)21(26)27/h4-11,18,31H,12H2,1-3H3,(H3,26,27)(H,28,32)(H,30,33)(H,34,35)/t18-/m1/s1. The number of amidine groups is 1. The van der Waals surface area contributed by atoms with Crippen LogP contribution in [-0.2, 0) is 0 Å². The summed E-state index contributed by atoms with van der Waals surface area (Å²) in [4.78, 5) is 42.2. The van der Waals surface area contributed by atoms with Gasteiger partial charge >= 0.3 is 5.97 Å². The number of nitrogens with zero attached hydrogens (tertiary/aromatic N) is 1. The van der Waals surface area contributed by atoms with Crippen molar-refractivity contribution in [3.8, 4) is 10.4 Å². The molecule has 3 rings (SSSR count). The van der Waals surface area contributed by atoms with Crippen LogP contribution in [0.5, 0.6) is 0 Å². The SMILES string of the molecule is CC(C)(C)[C@@H](CO)NC(=O)c1ccc(-c2sccc2C(=O)Nc2ccc(C(=N)N)cc2)c(C(=O)O)n1. The Morgan fingerprint density at radius 2 is 1.75 bits per heavy atom. The molecule has 0 aliphatic rings. The second kappa shape index (κ2) is 10.7. The van der Waals surface area contributed by atoms with Gasteiger partial charge in [0, 0.05) is 21.7 Å². The number of carboxylic acid groups (broad SMARTS) is 1. The first-order valence-corrected chi connectivity index (χ1v) is 11.8. The highest BCUT2D eigenvalue weighted by atomic mass is 32.1. The van der Waals surface area contributed by atoms with Crippen LogP contribution in [0.2, 0.25) is 0 Å². The molecule has 2 amide bonds. The lowest BCUT2D eigenvalue weighted by Crippen LogP contribution is -2.46. The maximum atomic E-state index is 13.0. The number of aromatic carboxylic acids is 1. The lowest BCUT2D eigenvalue weighted by atomic mass is 9.87. The molecule has 0 aliphatic heterocycles. The van der Waals surface area contributed by atoms with Crippen LogP contribution in [-0.4, -0.2) is 51.5 Å². The highest BCUT2D eigenvalue weighted by Gasteiger charge is 2.28. The Morgan fingerprint density at radius 3 is 2.31 bits per heavy atom. The number of carbonyl (C=O) groups is 3. The van der Waals surface area contributed by atoms with E-state index >= 15 is 0 Å². The number of carboxylic acids is 1. The van der Waals surface area contributed by atoms with Gasteiger partial charge in [0.2, 0.25) is 0 Å². The lowest BCUT2D eigenvalue weighted by Gasteiger charge is -2.29. The summed E-state index contributed by atoms with van der Waals surface area (Å²) >= 11 is 1.17. The highest BCUT2D eigenvalue weighted by Crippen LogP contribution is 2.32. The normalized spacial score (nSPS) is 12.0. The van der Waals surface area contributed by atoms with Crippen LogP contribution < -0.4 is 16.4 Å². The molecule has 0 saturated carbocycles. The minimum Gasteiger partial charge on any atom is -0.476 e. The number of nitrogens with one attached hydrogen (secondary N) is 3. The van der Waals surface area contributed by atoms with Crippen molar-refractivity contribution in [2.24, 2.45) is 11.1 Å². The van der Waals surface area contributed by atoms with Crippen LogP contribution in [0.3, 0.4) is 0 Å². The van der Waals surface area contributed by atoms with E-state index in [0.717, 1.165) is 0 Å². The van der Waals surface area contributed by atoms with Gasteiger partial charge in [-0.15, -0.1) is 11.3 Å². The molecule has 0 radical (unpaired) electrons. The van der Waals surface area contributed by atoms with Gasteiger partial charge in [-0.2, -0.15) is 0 Å². The van der Waals surface area contributed by atoms with Gasteiger partial charge in [0.25, 0.3) is 11.8 Å². The minimum atomic E-state index is -1.35. The average molecular weight is 510 g/mol. The molecule has 2 aromatic heterocycles. The van der Waals surface area contributed by atoms with Crippen molar-refractivity contribution in [2.45, 2.75) is 26.8 Å². The Morgan fingerprint density at radius 1 is 1.08 bits per heavy atom. The summed E-state index contributed by atoms with van der Waals surface area (Å²) in [5.41, 5.74) is 5.96. The summed E-state index contributed by atoms with van der Waals surface area (Å²) in [5, 5.41) is 34.0. The summed E-state index contributed by atoms with van der Waals surface area (Å²) in [6.45, 7) is 5.28. The summed E-state index contributed by atoms with van der Waals surface area (Å²) in [6.07, 6.45) is 0. The van der Waals surface area contributed by atoms with Crippen molar-refractivity contribution in [1.29, 1.82) is 5.41 Å². The van der Waals surface area contributed by atoms with Crippen LogP contribution in [0.1, 0.15) is 57.7 Å². The van der Waals surface area contributed by atoms with Crippen LogP contribution in [0.4, 0.5) is 5.69 Å². The zero-order valence-corrected chi connectivity index (χ0v) is 20.8. The van der Waals surface area contributed by atoms with Crippen LogP contribution >= 0.6 is 11.3 Å². The van der Waals surface area contributed by atoms with Crippen molar-refractivity contribution in [1.82, 2.24) is 10.3 Å². The number of benzene rings is 1. The molecule has 2 heterocycles. The molecule has 0 aliphatic carbocycles. The fourth-order valence-corrected chi connectivity index (χ4v) is 4.25. The number of hydrogen-bond acceptors (Lipinski definition) is 7. The Bertz CT molecular complexity index is 1310. The number of carbonyl (C=O) groups excluding carboxylic acids is 2. The molecule has 7 N–H and O–H groups in total. The van der Waals surface area contributed by atoms with E-state index in [0.29, 0.717) is 16.1 Å². The Hall–Kier alpha value is -4.09. The molecule has 3 aromatic rings. The summed E-state index contributed by atoms with van der Waals surface area (Å²) < 4.78 is 0. The van der Waals surface area contributed by atoms with Crippen LogP contribution in [0, 0.1) is 10.8 Å². The third-order valence-corrected chi connectivity index (χ3v) is 6.42. The van der Waals surface area contributed by atoms with Crippen molar-refractivity contribution in [3.63, 3.8) is 0 Å². The fraction of sp³-hybridized carbons (Fsp3) is 0.240. The van der Waals surface area contributed by atoms with Crippen molar-refractivity contribution < 1.29 is 24.6 Å². The molecular weight excluding hydrogens is 482 g/mol. The number of thiophene rings is 1. The molecule has 188 valence electrons. The molecule has 0 unspecified atom stereocenters. The van der Waals surface area contributed by atoms with Crippen molar-refractivity contribution in [3.05, 3.63) is 70.4 Å². The molecule has 1 aromatic carbocycles. The number of nitrogen functional groups attached to an aromatic ring is 1. The quantitative estimate of drug-likeness (QED) is 0.199. The number of rotatable bonds is 8. The smallest absolute Gasteiger partial charge is 0.355 e. The third kappa shape index (κ3) is 5.93. The maximum Gasteiger partial charge on any atom is 0.355 e. The van der Waals surface area contributed by atoms with Crippen molar-refractivity contribution >= 4 is 40.6 Å². The number of pyridine rings is 1. The van der Waals surface area contributed by atoms with Gasteiger partial charge in [0.15, 0.2) is 5.69 Å². The summed E-state index contributed by atoms with van der Waals surface area (Å²) in [5.74, 6) is -2.52. The maximum absolute atomic E-state index is 13.0. The molecular formula is C25H27N5O5S. The lowest BCUT2D eigenvalue weighted by molar-refractivity contribution is 0.0690. The van der Waals surface area contributed by atoms with Gasteiger partial charge in [-0.3, -0.25) is 15.0 Å². The number of hydrogen-bond donors (Lipinski definition) is 6. The second-order valence-corrected chi connectivity index (χ2v) is 10.00. The Labute approximate surface area is 211 Å². The van der Waals surface area contributed by atoms with E-state index < -0.39 is 29.2 Å². The first kappa shape index (κ1) is 26.5. The molecule has 10 nitrogen and oxygen atoms in total. The van der Waals surface area contributed by atoms with Gasteiger partial charge in [0.05, 0.1) is 18.2 Å². The van der Waals surface area contributed by atoms with Crippen LogP contribution in [0.15, 0.2) is 47.8 Å². The van der Waals surface area contributed by atoms with Gasteiger partial charge in [-0.1, -0.05) is 20.8 Å². The summed E-state index contributed by atoms with van der Waals surface area (Å²) in [6, 6.07) is 10.3. The number of aliphatic hydroxyl groups is 1. The van der Waals surface area contributed by atoms with Crippen molar-refractivity contribution in [2.75, 3.05) is 11.9 Å². The molecule has 36 heavy (non-hydrogen) atoms. The molecule has 0 bridgehead atoms. The minimum absolute atomic E-state index is 0.0934. The van der Waals surface area contributed by atoms with E-state index in [1.807, 2.05) is 20.8 Å². The molecule has 0 spiro atoms. The topological polar surface area (TPSA) is 178 Å². The molecule has 1 atom stereocenters. The first-order valence-electron chi connectivity index (χ1n) is 10.9.